The number of quaternary nitrogens is 1. The number of hydrogen-bond donors (Lipinski definition) is 3. The fourth-order valence-corrected chi connectivity index (χ4v) is 2.59. The number of alkyl carbamates (subject to hydrolysis) is 1. The van der Waals surface area contributed by atoms with Crippen LogP contribution in [0.2, 0.25) is 5.02 Å². The molecule has 0 bridgehead atoms. The van der Waals surface area contributed by atoms with Gasteiger partial charge in [-0.05, 0) is 32.4 Å². The molecule has 0 aromatic heterocycles. The lowest BCUT2D eigenvalue weighted by Crippen LogP contribution is -3.14. The molecular formula is C17H25ClN3O4+. The summed E-state index contributed by atoms with van der Waals surface area (Å²) >= 11 is 6.13. The van der Waals surface area contributed by atoms with Crippen molar-refractivity contribution in [3.63, 3.8) is 0 Å². The summed E-state index contributed by atoms with van der Waals surface area (Å²) in [5.74, 6) is -0.685. The highest BCUT2D eigenvalue weighted by atomic mass is 35.5. The summed E-state index contributed by atoms with van der Waals surface area (Å²) in [5.41, 5.74) is 0.829. The van der Waals surface area contributed by atoms with E-state index >= 15 is 0 Å². The third-order valence-electron chi connectivity index (χ3n) is 3.59. The summed E-state index contributed by atoms with van der Waals surface area (Å²) in [7, 11) is 0. The molecule has 25 heavy (non-hydrogen) atoms. The molecule has 3 amide bonds. The molecule has 8 heteroatoms. The molecule has 1 unspecified atom stereocenters. The van der Waals surface area contributed by atoms with Crippen molar-refractivity contribution in [1.82, 2.24) is 10.6 Å². The maximum absolute atomic E-state index is 12.2. The topological polar surface area (TPSA) is 88.9 Å². The van der Waals surface area contributed by atoms with E-state index in [1.54, 1.807) is 13.0 Å². The molecule has 2 atom stereocenters. The fraction of sp³-hybridized carbons (Fsp3) is 0.471. The SMILES string of the molecule is CCOC(=O)NC(=O)C[NH+](CC)CC(=O)N[C@H](C)c1ccccc1Cl. The standard InChI is InChI=1S/C17H24ClN3O4/c1-4-21(11-16(23)20-17(24)25-5-2)10-15(22)19-12(3)13-8-6-7-9-14(13)18/h6-9,12H,4-5,10-11H2,1-3H3,(H,19,22)(H,20,23,24)/p+1/t12-/m1/s1. The molecule has 0 fully saturated rings. The number of nitrogens with one attached hydrogen (secondary N) is 3. The first-order valence-electron chi connectivity index (χ1n) is 8.21. The second-order valence-electron chi connectivity index (χ2n) is 5.54. The van der Waals surface area contributed by atoms with Crippen LogP contribution in [0.5, 0.6) is 0 Å². The fourth-order valence-electron chi connectivity index (χ4n) is 2.29. The largest absolute Gasteiger partial charge is 0.450 e. The van der Waals surface area contributed by atoms with Gasteiger partial charge >= 0.3 is 6.09 Å². The van der Waals surface area contributed by atoms with Gasteiger partial charge in [-0.2, -0.15) is 0 Å². The Balaban J connectivity index is 2.51. The van der Waals surface area contributed by atoms with Crippen LogP contribution in [0.1, 0.15) is 32.4 Å². The summed E-state index contributed by atoms with van der Waals surface area (Å²) in [5, 5.41) is 5.58. The van der Waals surface area contributed by atoms with Crippen LogP contribution in [0.4, 0.5) is 4.79 Å². The molecule has 0 aliphatic heterocycles. The van der Waals surface area contributed by atoms with Gasteiger partial charge in [-0.15, -0.1) is 0 Å². The summed E-state index contributed by atoms with van der Waals surface area (Å²) in [6.07, 6.45) is -0.778. The third kappa shape index (κ3) is 7.53. The first-order valence-corrected chi connectivity index (χ1v) is 8.59. The molecule has 0 radical (unpaired) electrons. The molecule has 1 aromatic rings. The van der Waals surface area contributed by atoms with Gasteiger partial charge in [0, 0.05) is 5.02 Å². The molecule has 0 aliphatic carbocycles. The second kappa shape index (κ2) is 10.7. The van der Waals surface area contributed by atoms with Gasteiger partial charge in [-0.25, -0.2) is 4.79 Å². The lowest BCUT2D eigenvalue weighted by Gasteiger charge is -2.19. The molecule has 0 saturated carbocycles. The predicted molar refractivity (Wildman–Crippen MR) is 94.4 cm³/mol. The number of rotatable bonds is 8. The average molecular weight is 371 g/mol. The monoisotopic (exact) mass is 370 g/mol. The van der Waals surface area contributed by atoms with Crippen LogP contribution >= 0.6 is 11.6 Å². The van der Waals surface area contributed by atoms with E-state index in [4.69, 9.17) is 11.6 Å². The van der Waals surface area contributed by atoms with E-state index in [-0.39, 0.29) is 31.6 Å². The van der Waals surface area contributed by atoms with Crippen LogP contribution in [0, 0.1) is 0 Å². The van der Waals surface area contributed by atoms with Crippen molar-refractivity contribution in [2.75, 3.05) is 26.2 Å². The van der Waals surface area contributed by atoms with E-state index in [0.29, 0.717) is 11.6 Å². The van der Waals surface area contributed by atoms with E-state index in [2.05, 4.69) is 15.4 Å². The number of carbonyl (C=O) groups is 3. The van der Waals surface area contributed by atoms with Crippen molar-refractivity contribution in [3.8, 4) is 0 Å². The molecule has 1 aromatic carbocycles. The molecule has 138 valence electrons. The van der Waals surface area contributed by atoms with Crippen LogP contribution in [0.3, 0.4) is 0 Å². The summed E-state index contributed by atoms with van der Waals surface area (Å²) < 4.78 is 4.65. The van der Waals surface area contributed by atoms with E-state index < -0.39 is 12.0 Å². The Morgan fingerprint density at radius 2 is 1.80 bits per heavy atom. The number of carbonyl (C=O) groups excluding carboxylic acids is 3. The zero-order chi connectivity index (χ0) is 18.8. The minimum absolute atomic E-state index is 0.00318. The second-order valence-corrected chi connectivity index (χ2v) is 5.94. The Kier molecular flexibility index (Phi) is 8.94. The molecule has 3 N–H and O–H groups in total. The number of hydrogen-bond acceptors (Lipinski definition) is 4. The number of amides is 3. The highest BCUT2D eigenvalue weighted by molar-refractivity contribution is 6.31. The first-order chi connectivity index (χ1) is 11.9. The van der Waals surface area contributed by atoms with Crippen LogP contribution in [-0.4, -0.2) is 44.1 Å². The Bertz CT molecular complexity index is 609. The van der Waals surface area contributed by atoms with Gasteiger partial charge in [0.05, 0.1) is 19.2 Å². The van der Waals surface area contributed by atoms with Gasteiger partial charge in [0.15, 0.2) is 13.1 Å². The third-order valence-corrected chi connectivity index (χ3v) is 3.93. The zero-order valence-electron chi connectivity index (χ0n) is 14.7. The number of benzene rings is 1. The quantitative estimate of drug-likeness (QED) is 0.628. The summed E-state index contributed by atoms with van der Waals surface area (Å²) in [6, 6.07) is 7.05. The van der Waals surface area contributed by atoms with Gasteiger partial charge in [0.2, 0.25) is 0 Å². The molecule has 7 nitrogen and oxygen atoms in total. The van der Waals surface area contributed by atoms with E-state index in [9.17, 15) is 14.4 Å². The van der Waals surface area contributed by atoms with Crippen molar-refractivity contribution in [3.05, 3.63) is 34.9 Å². The minimum atomic E-state index is -0.778. The highest BCUT2D eigenvalue weighted by Gasteiger charge is 2.20. The first kappa shape index (κ1) is 20.9. The Morgan fingerprint density at radius 1 is 1.16 bits per heavy atom. The molecule has 0 aliphatic rings. The summed E-state index contributed by atoms with van der Waals surface area (Å²) in [6.45, 7) is 6.22. The van der Waals surface area contributed by atoms with Gasteiger partial charge in [0.1, 0.15) is 0 Å². The van der Waals surface area contributed by atoms with Crippen LogP contribution < -0.4 is 15.5 Å². The number of halogens is 1. The minimum Gasteiger partial charge on any atom is -0.450 e. The smallest absolute Gasteiger partial charge is 0.414 e. The van der Waals surface area contributed by atoms with Crippen LogP contribution in [0.25, 0.3) is 0 Å². The normalized spacial score (nSPS) is 12.8. The Hall–Kier alpha value is -2.12. The molecule has 0 heterocycles. The van der Waals surface area contributed by atoms with Crippen molar-refractivity contribution in [2.24, 2.45) is 0 Å². The Morgan fingerprint density at radius 3 is 2.40 bits per heavy atom. The molecule has 1 rings (SSSR count). The van der Waals surface area contributed by atoms with Crippen molar-refractivity contribution < 1.29 is 24.0 Å². The van der Waals surface area contributed by atoms with Gasteiger partial charge in [-0.1, -0.05) is 29.8 Å². The molecule has 0 spiro atoms. The number of imide groups is 1. The molecule has 0 saturated heterocycles. The van der Waals surface area contributed by atoms with Gasteiger partial charge in [-0.3, -0.25) is 14.9 Å². The average Bonchev–Trinajstić information content (AvgIpc) is 2.54. The van der Waals surface area contributed by atoms with Gasteiger partial charge < -0.3 is 15.0 Å². The van der Waals surface area contributed by atoms with Gasteiger partial charge in [0.25, 0.3) is 11.8 Å². The lowest BCUT2D eigenvalue weighted by molar-refractivity contribution is -0.881. The van der Waals surface area contributed by atoms with E-state index in [0.717, 1.165) is 10.5 Å². The Labute approximate surface area is 152 Å². The summed E-state index contributed by atoms with van der Waals surface area (Å²) in [4.78, 5) is 36.0. The van der Waals surface area contributed by atoms with Crippen molar-refractivity contribution in [2.45, 2.75) is 26.8 Å². The predicted octanol–water partition coefficient (Wildman–Crippen LogP) is 0.695. The zero-order valence-corrected chi connectivity index (χ0v) is 15.5. The van der Waals surface area contributed by atoms with Crippen molar-refractivity contribution in [1.29, 1.82) is 0 Å². The van der Waals surface area contributed by atoms with E-state index in [1.807, 2.05) is 32.0 Å². The van der Waals surface area contributed by atoms with Crippen molar-refractivity contribution >= 4 is 29.5 Å². The van der Waals surface area contributed by atoms with Crippen LogP contribution in [0.15, 0.2) is 24.3 Å². The lowest BCUT2D eigenvalue weighted by atomic mass is 10.1. The van der Waals surface area contributed by atoms with E-state index in [1.165, 1.54) is 0 Å². The highest BCUT2D eigenvalue weighted by Crippen LogP contribution is 2.21. The maximum atomic E-state index is 12.2. The molecular weight excluding hydrogens is 346 g/mol. The van der Waals surface area contributed by atoms with Crippen LogP contribution in [-0.2, 0) is 14.3 Å². The maximum Gasteiger partial charge on any atom is 0.414 e. The number of ether oxygens (including phenoxy) is 1. The number of likely N-dealkylation sites (N-methyl/N-ethyl adjacent to an activating group) is 1.